The van der Waals surface area contributed by atoms with Gasteiger partial charge in [0.1, 0.15) is 11.9 Å². The number of fused-ring (bicyclic) bond motifs is 3. The molecule has 3 fully saturated rings. The summed E-state index contributed by atoms with van der Waals surface area (Å²) in [6.07, 6.45) is -0.664. The van der Waals surface area contributed by atoms with Gasteiger partial charge < -0.3 is 19.4 Å². The molecular formula is C21H28F3N5O3. The Bertz CT molecular complexity index is 915. The van der Waals surface area contributed by atoms with Gasteiger partial charge in [0.2, 0.25) is 12.4 Å². The Morgan fingerprint density at radius 3 is 2.59 bits per heavy atom. The second-order valence-electron chi connectivity index (χ2n) is 9.31. The largest absolute Gasteiger partial charge is 0.408 e. The van der Waals surface area contributed by atoms with Crippen LogP contribution in [0.1, 0.15) is 32.1 Å². The second kappa shape index (κ2) is 8.24. The summed E-state index contributed by atoms with van der Waals surface area (Å²) in [6, 6.07) is -0.0858. The first kappa shape index (κ1) is 21.5. The maximum absolute atomic E-state index is 13.9. The number of anilines is 2. The van der Waals surface area contributed by atoms with Crippen molar-refractivity contribution >= 4 is 18.2 Å². The average Bonchev–Trinajstić information content (AvgIpc) is 3.41. The van der Waals surface area contributed by atoms with Gasteiger partial charge in [0.15, 0.2) is 0 Å². The van der Waals surface area contributed by atoms with E-state index in [0.717, 1.165) is 25.7 Å². The van der Waals surface area contributed by atoms with E-state index in [0.29, 0.717) is 38.5 Å². The number of hydrogen-bond donors (Lipinski definition) is 0. The third-order valence-electron chi connectivity index (χ3n) is 7.38. The molecule has 2 bridgehead atoms. The van der Waals surface area contributed by atoms with E-state index in [-0.39, 0.29) is 49.1 Å². The van der Waals surface area contributed by atoms with Gasteiger partial charge in [0.25, 0.3) is 5.56 Å². The number of hydrogen-bond acceptors (Lipinski definition) is 6. The van der Waals surface area contributed by atoms with E-state index in [4.69, 9.17) is 4.74 Å². The highest BCUT2D eigenvalue weighted by Gasteiger charge is 2.47. The molecule has 1 aromatic heterocycles. The molecule has 0 spiro atoms. The lowest BCUT2D eigenvalue weighted by Gasteiger charge is -2.40. The molecule has 3 unspecified atom stereocenters. The first-order chi connectivity index (χ1) is 15.3. The average molecular weight is 455 g/mol. The lowest BCUT2D eigenvalue weighted by Crippen LogP contribution is -2.53. The zero-order chi connectivity index (χ0) is 22.5. The molecule has 1 aromatic rings. The van der Waals surface area contributed by atoms with Gasteiger partial charge in [0.05, 0.1) is 18.8 Å². The molecule has 4 aliphatic rings. The molecule has 0 aromatic carbocycles. The first-order valence-corrected chi connectivity index (χ1v) is 11.4. The smallest absolute Gasteiger partial charge is 0.374 e. The molecule has 176 valence electrons. The monoisotopic (exact) mass is 455 g/mol. The number of likely N-dealkylation sites (tertiary alicyclic amines) is 1. The highest BCUT2D eigenvalue weighted by atomic mass is 19.4. The summed E-state index contributed by atoms with van der Waals surface area (Å²) in [6.45, 7) is 2.62. The summed E-state index contributed by atoms with van der Waals surface area (Å²) in [5.74, 6) is 0.816. The van der Waals surface area contributed by atoms with Crippen LogP contribution >= 0.6 is 0 Å². The maximum atomic E-state index is 13.9. The summed E-state index contributed by atoms with van der Waals surface area (Å²) in [7, 11) is 0. The molecule has 0 aliphatic carbocycles. The molecule has 0 saturated carbocycles. The Kier molecular flexibility index (Phi) is 5.55. The molecular weight excluding hydrogens is 427 g/mol. The fraction of sp³-hybridized carbons (Fsp3) is 0.762. The number of morpholine rings is 1. The molecule has 5 heterocycles. The van der Waals surface area contributed by atoms with Crippen molar-refractivity contribution in [2.75, 3.05) is 42.6 Å². The number of carbonyl (C=O) groups is 1. The van der Waals surface area contributed by atoms with E-state index in [2.05, 4.69) is 4.98 Å². The van der Waals surface area contributed by atoms with E-state index in [1.807, 2.05) is 4.90 Å². The summed E-state index contributed by atoms with van der Waals surface area (Å²) in [5.41, 5.74) is -0.307. The number of piperidine rings is 1. The summed E-state index contributed by atoms with van der Waals surface area (Å²) >= 11 is 0. The molecule has 3 atom stereocenters. The van der Waals surface area contributed by atoms with Crippen molar-refractivity contribution in [1.29, 1.82) is 0 Å². The Labute approximate surface area is 183 Å². The third-order valence-corrected chi connectivity index (χ3v) is 7.38. The van der Waals surface area contributed by atoms with Crippen molar-refractivity contribution in [2.24, 2.45) is 5.92 Å². The number of halogens is 3. The first-order valence-electron chi connectivity index (χ1n) is 11.4. The van der Waals surface area contributed by atoms with Crippen molar-refractivity contribution in [3.05, 3.63) is 16.4 Å². The summed E-state index contributed by atoms with van der Waals surface area (Å²) < 4.78 is 48.8. The number of nitrogens with zero attached hydrogens (tertiary/aromatic N) is 5. The van der Waals surface area contributed by atoms with Crippen molar-refractivity contribution in [3.8, 4) is 0 Å². The number of carbonyl (C=O) groups excluding carboxylic acids is 1. The van der Waals surface area contributed by atoms with Crippen LogP contribution in [0.5, 0.6) is 0 Å². The Morgan fingerprint density at radius 1 is 1.19 bits per heavy atom. The van der Waals surface area contributed by atoms with Crippen LogP contribution in [-0.2, 0) is 16.1 Å². The summed E-state index contributed by atoms with van der Waals surface area (Å²) in [5, 5.41) is 0. The van der Waals surface area contributed by atoms with Crippen LogP contribution < -0.4 is 15.4 Å². The SMILES string of the molecule is O=CN1CCC(CCN2c3nc(N4CC5CC4CO5)cc(=O)n3CCC2C(F)(F)F)CC1. The molecule has 0 radical (unpaired) electrons. The highest BCUT2D eigenvalue weighted by molar-refractivity contribution is 5.49. The fourth-order valence-corrected chi connectivity index (χ4v) is 5.55. The van der Waals surface area contributed by atoms with Crippen molar-refractivity contribution in [2.45, 2.75) is 63.0 Å². The highest BCUT2D eigenvalue weighted by Crippen LogP contribution is 2.37. The molecule has 5 rings (SSSR count). The van der Waals surface area contributed by atoms with Gasteiger partial charge in [-0.25, -0.2) is 0 Å². The van der Waals surface area contributed by atoms with Crippen molar-refractivity contribution < 1.29 is 22.7 Å². The number of amides is 1. The molecule has 11 heteroatoms. The molecule has 4 aliphatic heterocycles. The normalized spacial score (nSPS) is 28.3. The van der Waals surface area contributed by atoms with Gasteiger partial charge in [-0.2, -0.15) is 18.2 Å². The minimum atomic E-state index is -4.40. The quantitative estimate of drug-likeness (QED) is 0.629. The molecule has 8 nitrogen and oxygen atoms in total. The topological polar surface area (TPSA) is 70.9 Å². The number of alkyl halides is 3. The van der Waals surface area contributed by atoms with Gasteiger partial charge in [0, 0.05) is 38.8 Å². The van der Waals surface area contributed by atoms with Gasteiger partial charge in [-0.05, 0) is 38.0 Å². The Balaban J connectivity index is 1.41. The summed E-state index contributed by atoms with van der Waals surface area (Å²) in [4.78, 5) is 33.4. The van der Waals surface area contributed by atoms with Crippen molar-refractivity contribution in [3.63, 3.8) is 0 Å². The molecule has 3 saturated heterocycles. The number of aromatic nitrogens is 2. The zero-order valence-electron chi connectivity index (χ0n) is 17.8. The lowest BCUT2D eigenvalue weighted by molar-refractivity contribution is -0.152. The van der Waals surface area contributed by atoms with Crippen LogP contribution in [0.4, 0.5) is 24.9 Å². The van der Waals surface area contributed by atoms with E-state index in [9.17, 15) is 22.8 Å². The Morgan fingerprint density at radius 2 is 1.97 bits per heavy atom. The van der Waals surface area contributed by atoms with Crippen LogP contribution in [0, 0.1) is 5.92 Å². The molecule has 0 N–H and O–H groups in total. The van der Waals surface area contributed by atoms with Gasteiger partial charge in [-0.1, -0.05) is 0 Å². The van der Waals surface area contributed by atoms with Crippen LogP contribution in [0.15, 0.2) is 10.9 Å². The van der Waals surface area contributed by atoms with Crippen LogP contribution in [-0.4, -0.2) is 78.0 Å². The predicted molar refractivity (Wildman–Crippen MR) is 111 cm³/mol. The predicted octanol–water partition coefficient (Wildman–Crippen LogP) is 1.62. The molecule has 1 amide bonds. The van der Waals surface area contributed by atoms with Crippen LogP contribution in [0.2, 0.25) is 0 Å². The van der Waals surface area contributed by atoms with Gasteiger partial charge in [-0.3, -0.25) is 14.2 Å². The third kappa shape index (κ3) is 3.95. The van der Waals surface area contributed by atoms with Gasteiger partial charge >= 0.3 is 6.18 Å². The standard InChI is InChI=1S/C21H28F3N5O3/c22-21(23,24)17-4-8-28-19(31)10-18(29-11-16-9-15(29)12-32-16)25-20(28)27(17)7-3-14-1-5-26(13-30)6-2-14/h10,13-17H,1-9,11-12H2. The van der Waals surface area contributed by atoms with E-state index >= 15 is 0 Å². The van der Waals surface area contributed by atoms with E-state index < -0.39 is 12.2 Å². The minimum Gasteiger partial charge on any atom is -0.374 e. The second-order valence-corrected chi connectivity index (χ2v) is 9.31. The van der Waals surface area contributed by atoms with E-state index in [1.165, 1.54) is 15.5 Å². The number of ether oxygens (including phenoxy) is 1. The minimum absolute atomic E-state index is 0.00894. The van der Waals surface area contributed by atoms with Crippen LogP contribution in [0.25, 0.3) is 0 Å². The van der Waals surface area contributed by atoms with Crippen molar-refractivity contribution in [1.82, 2.24) is 14.5 Å². The molecule has 32 heavy (non-hydrogen) atoms. The number of rotatable bonds is 5. The lowest BCUT2D eigenvalue weighted by atomic mass is 9.93. The van der Waals surface area contributed by atoms with Gasteiger partial charge in [-0.15, -0.1) is 0 Å². The Hall–Kier alpha value is -2.30. The zero-order valence-corrected chi connectivity index (χ0v) is 17.8. The maximum Gasteiger partial charge on any atom is 0.408 e. The van der Waals surface area contributed by atoms with Crippen LogP contribution in [0.3, 0.4) is 0 Å². The van der Waals surface area contributed by atoms with E-state index in [1.54, 1.807) is 4.90 Å². The fourth-order valence-electron chi connectivity index (χ4n) is 5.55.